The van der Waals surface area contributed by atoms with Crippen LogP contribution in [0, 0.1) is 0 Å². The number of rotatable bonds is 3. The molecule has 4 heteroatoms. The molecule has 0 radical (unpaired) electrons. The van der Waals surface area contributed by atoms with Crippen LogP contribution in [0.25, 0.3) is 0 Å². The van der Waals surface area contributed by atoms with Crippen LogP contribution < -0.4 is 0 Å². The summed E-state index contributed by atoms with van der Waals surface area (Å²) >= 11 is 8.87. The first-order chi connectivity index (χ1) is 7.28. The largest absolute Gasteiger partial charge is 0.297 e. The van der Waals surface area contributed by atoms with Gasteiger partial charge in [0.15, 0.2) is 6.29 Å². The van der Waals surface area contributed by atoms with Gasteiger partial charge in [-0.05, 0) is 30.3 Å². The Hall–Kier alpha value is -0.770. The molecule has 76 valence electrons. The number of carbonyl (C=O) groups is 1. The fourth-order valence-corrected chi connectivity index (χ4v) is 2.93. The van der Waals surface area contributed by atoms with Crippen molar-refractivity contribution in [3.05, 3.63) is 45.6 Å². The molecule has 0 unspecified atom stereocenters. The third kappa shape index (κ3) is 2.84. The number of halogens is 1. The van der Waals surface area contributed by atoms with E-state index in [9.17, 15) is 4.79 Å². The maximum atomic E-state index is 10.5. The molecular formula is C11H7ClOS2. The first kappa shape index (κ1) is 10.7. The number of aldehydes is 1. The van der Waals surface area contributed by atoms with Crippen molar-refractivity contribution < 1.29 is 4.79 Å². The predicted octanol–water partition coefficient (Wildman–Crippen LogP) is 4.37. The predicted molar refractivity (Wildman–Crippen MR) is 65.3 cm³/mol. The van der Waals surface area contributed by atoms with E-state index in [1.807, 2.05) is 35.7 Å². The lowest BCUT2D eigenvalue weighted by molar-refractivity contribution is 0.112. The monoisotopic (exact) mass is 254 g/mol. The smallest absolute Gasteiger partial charge is 0.160 e. The molecule has 1 aromatic carbocycles. The lowest BCUT2D eigenvalue weighted by Gasteiger charge is -1.97. The summed E-state index contributed by atoms with van der Waals surface area (Å²) in [4.78, 5) is 13.5. The van der Waals surface area contributed by atoms with Crippen molar-refractivity contribution in [2.75, 3.05) is 0 Å². The van der Waals surface area contributed by atoms with Gasteiger partial charge in [0, 0.05) is 20.2 Å². The van der Waals surface area contributed by atoms with Crippen molar-refractivity contribution in [3.63, 3.8) is 0 Å². The van der Waals surface area contributed by atoms with Gasteiger partial charge in [0.1, 0.15) is 0 Å². The molecule has 0 aliphatic heterocycles. The first-order valence-corrected chi connectivity index (χ1v) is 6.32. The van der Waals surface area contributed by atoms with E-state index >= 15 is 0 Å². The standard InChI is InChI=1S/C11H7ClOS2/c12-8-1-3-9(4-2-8)15-11-5-10(6-13)14-7-11/h1-7H. The molecule has 15 heavy (non-hydrogen) atoms. The molecule has 0 fully saturated rings. The summed E-state index contributed by atoms with van der Waals surface area (Å²) in [5.74, 6) is 0. The van der Waals surface area contributed by atoms with Gasteiger partial charge in [-0.25, -0.2) is 0 Å². The fraction of sp³-hybridized carbons (Fsp3) is 0. The summed E-state index contributed by atoms with van der Waals surface area (Å²) in [6.07, 6.45) is 0.872. The van der Waals surface area contributed by atoms with Crippen molar-refractivity contribution in [2.24, 2.45) is 0 Å². The van der Waals surface area contributed by atoms with Gasteiger partial charge in [-0.3, -0.25) is 4.79 Å². The van der Waals surface area contributed by atoms with Crippen LogP contribution in [0.3, 0.4) is 0 Å². The van der Waals surface area contributed by atoms with Gasteiger partial charge in [0.2, 0.25) is 0 Å². The van der Waals surface area contributed by atoms with Gasteiger partial charge < -0.3 is 0 Å². The molecule has 0 N–H and O–H groups in total. The highest BCUT2D eigenvalue weighted by atomic mass is 35.5. The normalized spacial score (nSPS) is 10.2. The highest BCUT2D eigenvalue weighted by molar-refractivity contribution is 7.99. The Kier molecular flexibility index (Phi) is 3.46. The van der Waals surface area contributed by atoms with Crippen LogP contribution in [-0.4, -0.2) is 6.29 Å². The quantitative estimate of drug-likeness (QED) is 0.757. The SMILES string of the molecule is O=Cc1cc(Sc2ccc(Cl)cc2)cs1. The van der Waals surface area contributed by atoms with Crippen LogP contribution >= 0.6 is 34.7 Å². The Morgan fingerprint density at radius 1 is 1.20 bits per heavy atom. The van der Waals surface area contributed by atoms with E-state index in [0.717, 1.165) is 26.0 Å². The molecule has 2 rings (SSSR count). The van der Waals surface area contributed by atoms with Crippen molar-refractivity contribution in [3.8, 4) is 0 Å². The summed E-state index contributed by atoms with van der Waals surface area (Å²) in [6, 6.07) is 9.53. The molecule has 1 aromatic heterocycles. The van der Waals surface area contributed by atoms with Gasteiger partial charge in [-0.15, -0.1) is 11.3 Å². The fourth-order valence-electron chi connectivity index (χ4n) is 1.09. The Morgan fingerprint density at radius 3 is 2.53 bits per heavy atom. The van der Waals surface area contributed by atoms with E-state index in [1.54, 1.807) is 11.8 Å². The summed E-state index contributed by atoms with van der Waals surface area (Å²) in [5.41, 5.74) is 0. The third-order valence-electron chi connectivity index (χ3n) is 1.76. The van der Waals surface area contributed by atoms with Gasteiger partial charge in [0.25, 0.3) is 0 Å². The van der Waals surface area contributed by atoms with Crippen molar-refractivity contribution in [2.45, 2.75) is 9.79 Å². The summed E-state index contributed by atoms with van der Waals surface area (Å²) < 4.78 is 0. The van der Waals surface area contributed by atoms with E-state index < -0.39 is 0 Å². The minimum atomic E-state index is 0.734. The maximum absolute atomic E-state index is 10.5. The van der Waals surface area contributed by atoms with Crippen LogP contribution in [0.5, 0.6) is 0 Å². The zero-order valence-electron chi connectivity index (χ0n) is 7.64. The Labute approximate surface area is 101 Å². The zero-order valence-corrected chi connectivity index (χ0v) is 10.0. The van der Waals surface area contributed by atoms with E-state index in [-0.39, 0.29) is 0 Å². The molecule has 1 heterocycles. The highest BCUT2D eigenvalue weighted by Crippen LogP contribution is 2.31. The van der Waals surface area contributed by atoms with Crippen LogP contribution in [0.15, 0.2) is 45.5 Å². The maximum Gasteiger partial charge on any atom is 0.160 e. The van der Waals surface area contributed by atoms with Gasteiger partial charge >= 0.3 is 0 Å². The summed E-state index contributed by atoms with van der Waals surface area (Å²) in [6.45, 7) is 0. The molecule has 1 nitrogen and oxygen atoms in total. The first-order valence-electron chi connectivity index (χ1n) is 4.25. The number of carbonyl (C=O) groups excluding carboxylic acids is 1. The van der Waals surface area contributed by atoms with Crippen molar-refractivity contribution in [1.29, 1.82) is 0 Å². The summed E-state index contributed by atoms with van der Waals surface area (Å²) in [5, 5.41) is 2.71. The highest BCUT2D eigenvalue weighted by Gasteiger charge is 2.01. The minimum Gasteiger partial charge on any atom is -0.297 e. The second-order valence-electron chi connectivity index (χ2n) is 2.86. The van der Waals surface area contributed by atoms with E-state index in [2.05, 4.69) is 0 Å². The third-order valence-corrected chi connectivity index (χ3v) is 4.00. The molecule has 0 atom stereocenters. The molecule has 0 bridgehead atoms. The molecule has 0 aliphatic carbocycles. The molecular weight excluding hydrogens is 248 g/mol. The van der Waals surface area contributed by atoms with E-state index in [0.29, 0.717) is 0 Å². The van der Waals surface area contributed by atoms with E-state index in [4.69, 9.17) is 11.6 Å². The van der Waals surface area contributed by atoms with Crippen LogP contribution in [0.2, 0.25) is 5.02 Å². The number of hydrogen-bond acceptors (Lipinski definition) is 3. The second kappa shape index (κ2) is 4.84. The number of hydrogen-bond donors (Lipinski definition) is 0. The summed E-state index contributed by atoms with van der Waals surface area (Å²) in [7, 11) is 0. The Bertz CT molecular complexity index is 462. The molecule has 0 spiro atoms. The minimum absolute atomic E-state index is 0.734. The van der Waals surface area contributed by atoms with Gasteiger partial charge in [-0.1, -0.05) is 23.4 Å². The topological polar surface area (TPSA) is 17.1 Å². The lowest BCUT2D eigenvalue weighted by Crippen LogP contribution is -1.70. The lowest BCUT2D eigenvalue weighted by atomic mass is 10.4. The molecule has 2 aromatic rings. The van der Waals surface area contributed by atoms with Crippen LogP contribution in [-0.2, 0) is 0 Å². The average molecular weight is 255 g/mol. The Balaban J connectivity index is 2.14. The van der Waals surface area contributed by atoms with Crippen molar-refractivity contribution >= 4 is 41.0 Å². The van der Waals surface area contributed by atoms with Crippen LogP contribution in [0.1, 0.15) is 9.67 Å². The van der Waals surface area contributed by atoms with Crippen LogP contribution in [0.4, 0.5) is 0 Å². The molecule has 0 saturated carbocycles. The number of benzene rings is 1. The average Bonchev–Trinajstić information content (AvgIpc) is 2.69. The van der Waals surface area contributed by atoms with Gasteiger partial charge in [-0.2, -0.15) is 0 Å². The van der Waals surface area contributed by atoms with Crippen molar-refractivity contribution in [1.82, 2.24) is 0 Å². The van der Waals surface area contributed by atoms with Gasteiger partial charge in [0.05, 0.1) is 4.88 Å². The Morgan fingerprint density at radius 2 is 1.93 bits per heavy atom. The molecule has 0 aliphatic rings. The van der Waals surface area contributed by atoms with E-state index in [1.165, 1.54) is 11.3 Å². The number of thiophene rings is 1. The molecule has 0 amide bonds. The second-order valence-corrected chi connectivity index (χ2v) is 5.38. The molecule has 0 saturated heterocycles. The zero-order chi connectivity index (χ0) is 10.7.